The molecule has 5 heteroatoms. The molecule has 1 aliphatic rings. The van der Waals surface area contributed by atoms with Gasteiger partial charge in [0.2, 0.25) is 5.95 Å². The van der Waals surface area contributed by atoms with E-state index in [2.05, 4.69) is 51.4 Å². The molecule has 2 aromatic rings. The van der Waals surface area contributed by atoms with Crippen LogP contribution in [0.15, 0.2) is 36.5 Å². The quantitative estimate of drug-likeness (QED) is 0.933. The van der Waals surface area contributed by atoms with E-state index in [1.807, 2.05) is 6.07 Å². The highest BCUT2D eigenvalue weighted by molar-refractivity contribution is 5.43. The third kappa shape index (κ3) is 3.70. The van der Waals surface area contributed by atoms with E-state index in [1.165, 1.54) is 11.1 Å². The van der Waals surface area contributed by atoms with Crippen LogP contribution in [-0.4, -0.2) is 36.3 Å². The van der Waals surface area contributed by atoms with Gasteiger partial charge in [0, 0.05) is 25.8 Å². The van der Waals surface area contributed by atoms with Crippen molar-refractivity contribution in [3.63, 3.8) is 0 Å². The van der Waals surface area contributed by atoms with E-state index >= 15 is 0 Å². The maximum atomic E-state index is 5.37. The fraction of sp³-hybridized carbons (Fsp3) is 0.375. The van der Waals surface area contributed by atoms with E-state index in [9.17, 15) is 0 Å². The summed E-state index contributed by atoms with van der Waals surface area (Å²) >= 11 is 0. The summed E-state index contributed by atoms with van der Waals surface area (Å²) in [6.45, 7) is 6.11. The maximum absolute atomic E-state index is 5.37. The second-order valence-corrected chi connectivity index (χ2v) is 5.18. The van der Waals surface area contributed by atoms with E-state index in [0.717, 1.165) is 38.7 Å². The average Bonchev–Trinajstić information content (AvgIpc) is 2.54. The summed E-state index contributed by atoms with van der Waals surface area (Å²) in [5.74, 6) is 1.63. The first kappa shape index (κ1) is 13.8. The molecule has 3 rings (SSSR count). The van der Waals surface area contributed by atoms with Crippen molar-refractivity contribution >= 4 is 11.8 Å². The van der Waals surface area contributed by atoms with Gasteiger partial charge in [0.05, 0.1) is 13.2 Å². The van der Waals surface area contributed by atoms with Crippen molar-refractivity contribution in [2.45, 2.75) is 13.5 Å². The molecule has 0 unspecified atom stereocenters. The topological polar surface area (TPSA) is 50.3 Å². The van der Waals surface area contributed by atoms with E-state index in [-0.39, 0.29) is 0 Å². The number of hydrogen-bond acceptors (Lipinski definition) is 5. The van der Waals surface area contributed by atoms with Gasteiger partial charge in [-0.25, -0.2) is 4.98 Å². The predicted octanol–water partition coefficient (Wildman–Crippen LogP) is 2.23. The highest BCUT2D eigenvalue weighted by Gasteiger charge is 2.12. The van der Waals surface area contributed by atoms with Crippen LogP contribution < -0.4 is 10.2 Å². The van der Waals surface area contributed by atoms with Crippen LogP contribution in [0.5, 0.6) is 0 Å². The van der Waals surface area contributed by atoms with E-state index < -0.39 is 0 Å². The molecular weight excluding hydrogens is 264 g/mol. The number of rotatable bonds is 4. The molecule has 21 heavy (non-hydrogen) atoms. The zero-order valence-corrected chi connectivity index (χ0v) is 12.2. The lowest BCUT2D eigenvalue weighted by Crippen LogP contribution is -2.36. The van der Waals surface area contributed by atoms with Gasteiger partial charge in [-0.2, -0.15) is 4.98 Å². The van der Waals surface area contributed by atoms with Crippen molar-refractivity contribution in [1.82, 2.24) is 9.97 Å². The minimum atomic E-state index is 0.667. The molecule has 0 atom stereocenters. The Labute approximate surface area is 125 Å². The standard InChI is InChI=1S/C16H20N4O/c1-13-3-2-4-14(11-13)12-18-16-17-6-5-15(19-16)20-7-9-21-10-8-20/h2-6,11H,7-10,12H2,1H3,(H,17,18,19). The molecule has 5 nitrogen and oxygen atoms in total. The number of nitrogens with zero attached hydrogens (tertiary/aromatic N) is 3. The lowest BCUT2D eigenvalue weighted by Gasteiger charge is -2.27. The predicted molar refractivity (Wildman–Crippen MR) is 83.6 cm³/mol. The Balaban J connectivity index is 1.65. The fourth-order valence-corrected chi connectivity index (χ4v) is 2.41. The molecular formula is C16H20N4O. The van der Waals surface area contributed by atoms with Gasteiger partial charge in [-0.05, 0) is 18.6 Å². The molecule has 0 bridgehead atoms. The zero-order valence-electron chi connectivity index (χ0n) is 12.2. The molecule has 1 fully saturated rings. The third-order valence-electron chi connectivity index (χ3n) is 3.51. The van der Waals surface area contributed by atoms with E-state index in [0.29, 0.717) is 5.95 Å². The Morgan fingerprint density at radius 1 is 1.24 bits per heavy atom. The molecule has 110 valence electrons. The molecule has 1 saturated heterocycles. The SMILES string of the molecule is Cc1cccc(CNc2nccc(N3CCOCC3)n2)c1. The minimum Gasteiger partial charge on any atom is -0.378 e. The van der Waals surface area contributed by atoms with E-state index in [1.54, 1.807) is 6.20 Å². The highest BCUT2D eigenvalue weighted by Crippen LogP contribution is 2.14. The number of ether oxygens (including phenoxy) is 1. The monoisotopic (exact) mass is 284 g/mol. The normalized spacial score (nSPS) is 15.0. The number of nitrogens with one attached hydrogen (secondary N) is 1. The average molecular weight is 284 g/mol. The Morgan fingerprint density at radius 2 is 2.10 bits per heavy atom. The van der Waals surface area contributed by atoms with Crippen LogP contribution in [0.2, 0.25) is 0 Å². The second kappa shape index (κ2) is 6.54. The first-order chi connectivity index (χ1) is 10.3. The van der Waals surface area contributed by atoms with Gasteiger partial charge in [-0.1, -0.05) is 29.8 Å². The van der Waals surface area contributed by atoms with Gasteiger partial charge >= 0.3 is 0 Å². The number of morpholine rings is 1. The maximum Gasteiger partial charge on any atom is 0.224 e. The summed E-state index contributed by atoms with van der Waals surface area (Å²) in [6.07, 6.45) is 1.80. The van der Waals surface area contributed by atoms with E-state index in [4.69, 9.17) is 4.74 Å². The van der Waals surface area contributed by atoms with Crippen molar-refractivity contribution in [3.05, 3.63) is 47.7 Å². The molecule has 1 aromatic carbocycles. The van der Waals surface area contributed by atoms with Gasteiger partial charge in [-0.3, -0.25) is 0 Å². The highest BCUT2D eigenvalue weighted by atomic mass is 16.5. The smallest absolute Gasteiger partial charge is 0.224 e. The fourth-order valence-electron chi connectivity index (χ4n) is 2.41. The summed E-state index contributed by atoms with van der Waals surface area (Å²) in [5, 5.41) is 3.29. The molecule has 2 heterocycles. The van der Waals surface area contributed by atoms with Crippen LogP contribution in [0.1, 0.15) is 11.1 Å². The van der Waals surface area contributed by atoms with Crippen LogP contribution in [0.4, 0.5) is 11.8 Å². The summed E-state index contributed by atoms with van der Waals surface area (Å²) in [7, 11) is 0. The number of aromatic nitrogens is 2. The van der Waals surface area contributed by atoms with Gasteiger partial charge in [0.25, 0.3) is 0 Å². The van der Waals surface area contributed by atoms with Crippen molar-refractivity contribution in [2.75, 3.05) is 36.5 Å². The van der Waals surface area contributed by atoms with Crippen LogP contribution in [0, 0.1) is 6.92 Å². The zero-order chi connectivity index (χ0) is 14.5. The number of hydrogen-bond donors (Lipinski definition) is 1. The number of anilines is 2. The first-order valence-corrected chi connectivity index (χ1v) is 7.26. The van der Waals surface area contributed by atoms with Crippen molar-refractivity contribution in [2.24, 2.45) is 0 Å². The van der Waals surface area contributed by atoms with Crippen LogP contribution in [0.25, 0.3) is 0 Å². The van der Waals surface area contributed by atoms with Crippen molar-refractivity contribution in [3.8, 4) is 0 Å². The lowest BCUT2D eigenvalue weighted by atomic mass is 10.1. The summed E-state index contributed by atoms with van der Waals surface area (Å²) in [4.78, 5) is 11.1. The lowest BCUT2D eigenvalue weighted by molar-refractivity contribution is 0.122. The number of aryl methyl sites for hydroxylation is 1. The molecule has 1 aliphatic heterocycles. The van der Waals surface area contributed by atoms with Gasteiger partial charge in [-0.15, -0.1) is 0 Å². The minimum absolute atomic E-state index is 0.667. The van der Waals surface area contributed by atoms with Crippen LogP contribution in [0.3, 0.4) is 0 Å². The van der Waals surface area contributed by atoms with Gasteiger partial charge < -0.3 is 15.0 Å². The van der Waals surface area contributed by atoms with Gasteiger partial charge in [0.15, 0.2) is 0 Å². The van der Waals surface area contributed by atoms with Crippen LogP contribution in [-0.2, 0) is 11.3 Å². The summed E-state index contributed by atoms with van der Waals surface area (Å²) < 4.78 is 5.37. The molecule has 0 aliphatic carbocycles. The Morgan fingerprint density at radius 3 is 2.90 bits per heavy atom. The molecule has 0 saturated carbocycles. The Kier molecular flexibility index (Phi) is 4.31. The third-order valence-corrected chi connectivity index (χ3v) is 3.51. The summed E-state index contributed by atoms with van der Waals surface area (Å²) in [6, 6.07) is 10.4. The molecule has 0 amide bonds. The molecule has 0 spiro atoms. The van der Waals surface area contributed by atoms with Crippen molar-refractivity contribution in [1.29, 1.82) is 0 Å². The Bertz CT molecular complexity index is 596. The van der Waals surface area contributed by atoms with Gasteiger partial charge in [0.1, 0.15) is 5.82 Å². The number of benzene rings is 1. The molecule has 1 N–H and O–H groups in total. The second-order valence-electron chi connectivity index (χ2n) is 5.18. The van der Waals surface area contributed by atoms with Crippen molar-refractivity contribution < 1.29 is 4.74 Å². The van der Waals surface area contributed by atoms with Crippen LogP contribution >= 0.6 is 0 Å². The largest absolute Gasteiger partial charge is 0.378 e. The summed E-state index contributed by atoms with van der Waals surface area (Å²) in [5.41, 5.74) is 2.49. The Hall–Kier alpha value is -2.14. The first-order valence-electron chi connectivity index (χ1n) is 7.26. The molecule has 0 radical (unpaired) electrons. The molecule has 1 aromatic heterocycles.